The molecule has 0 radical (unpaired) electrons. The van der Waals surface area contributed by atoms with E-state index in [1.54, 1.807) is 6.07 Å². The third-order valence-corrected chi connectivity index (χ3v) is 4.52. The van der Waals surface area contributed by atoms with Gasteiger partial charge in [0.15, 0.2) is 5.82 Å². The van der Waals surface area contributed by atoms with Gasteiger partial charge < -0.3 is 4.74 Å². The molecule has 1 atom stereocenters. The normalized spacial score (nSPS) is 12.5. The largest absolute Gasteiger partial charge is 0.479 e. The molecule has 0 bridgehead atoms. The molecule has 4 nitrogen and oxygen atoms in total. The summed E-state index contributed by atoms with van der Waals surface area (Å²) in [7, 11) is 1.36. The predicted octanol–water partition coefficient (Wildman–Crippen LogP) is 2.81. The van der Waals surface area contributed by atoms with Crippen molar-refractivity contribution in [3.8, 4) is 5.88 Å². The first-order valence-corrected chi connectivity index (χ1v) is 6.73. The summed E-state index contributed by atoms with van der Waals surface area (Å²) in [4.78, 5) is 4.56. The van der Waals surface area contributed by atoms with Gasteiger partial charge >= 0.3 is 0 Å². The molecule has 0 amide bonds. The maximum absolute atomic E-state index is 14.2. The fourth-order valence-corrected chi connectivity index (χ4v) is 3.13. The number of methoxy groups -OCH3 is 1. The van der Waals surface area contributed by atoms with E-state index < -0.39 is 11.9 Å². The van der Waals surface area contributed by atoms with E-state index in [0.717, 1.165) is 10.4 Å². The highest BCUT2D eigenvalue weighted by atomic mass is 35.5. The average Bonchev–Trinajstić information content (AvgIpc) is 2.74. The Kier molecular flexibility index (Phi) is 4.36. The van der Waals surface area contributed by atoms with E-state index in [1.165, 1.54) is 24.6 Å². The summed E-state index contributed by atoms with van der Waals surface area (Å²) in [6.45, 7) is 1.89. The lowest BCUT2D eigenvalue weighted by Gasteiger charge is -2.17. The van der Waals surface area contributed by atoms with Crippen molar-refractivity contribution >= 4 is 22.9 Å². The first-order chi connectivity index (χ1) is 9.10. The van der Waals surface area contributed by atoms with Gasteiger partial charge in [0.1, 0.15) is 0 Å². The molecule has 1 unspecified atom stereocenters. The minimum atomic E-state index is -0.546. The number of rotatable bonds is 4. The summed E-state index contributed by atoms with van der Waals surface area (Å²) < 4.78 is 19.1. The summed E-state index contributed by atoms with van der Waals surface area (Å²) in [6.07, 6.45) is 1.47. The molecule has 0 aliphatic carbocycles. The van der Waals surface area contributed by atoms with Crippen molar-refractivity contribution in [1.82, 2.24) is 10.4 Å². The number of pyridine rings is 1. The van der Waals surface area contributed by atoms with Crippen LogP contribution in [0.4, 0.5) is 4.39 Å². The SMILES string of the molecule is COc1nccc(C(NN)c2scc(C)c2Cl)c1F. The lowest BCUT2D eigenvalue weighted by molar-refractivity contribution is 0.364. The van der Waals surface area contributed by atoms with Crippen LogP contribution in [0.1, 0.15) is 22.0 Å². The second-order valence-corrected chi connectivity index (χ2v) is 5.21. The topological polar surface area (TPSA) is 60.2 Å². The van der Waals surface area contributed by atoms with Crippen molar-refractivity contribution < 1.29 is 9.13 Å². The predicted molar refractivity (Wildman–Crippen MR) is 74.0 cm³/mol. The Morgan fingerprint density at radius 1 is 1.58 bits per heavy atom. The average molecular weight is 302 g/mol. The number of nitrogens with zero attached hydrogens (tertiary/aromatic N) is 1. The monoisotopic (exact) mass is 301 g/mol. The fraction of sp³-hybridized carbons (Fsp3) is 0.250. The molecule has 7 heteroatoms. The molecular weight excluding hydrogens is 289 g/mol. The second kappa shape index (κ2) is 5.83. The van der Waals surface area contributed by atoms with Gasteiger partial charge in [0.25, 0.3) is 0 Å². The molecule has 102 valence electrons. The highest BCUT2D eigenvalue weighted by molar-refractivity contribution is 7.10. The molecule has 0 aliphatic rings. The molecule has 19 heavy (non-hydrogen) atoms. The van der Waals surface area contributed by atoms with Gasteiger partial charge in [-0.05, 0) is 23.9 Å². The van der Waals surface area contributed by atoms with E-state index in [1.807, 2.05) is 12.3 Å². The van der Waals surface area contributed by atoms with Crippen molar-refractivity contribution in [2.75, 3.05) is 7.11 Å². The van der Waals surface area contributed by atoms with Gasteiger partial charge in [-0.15, -0.1) is 11.3 Å². The van der Waals surface area contributed by atoms with Crippen LogP contribution in [0.3, 0.4) is 0 Å². The van der Waals surface area contributed by atoms with Gasteiger partial charge in [0.05, 0.1) is 18.2 Å². The van der Waals surface area contributed by atoms with E-state index in [9.17, 15) is 4.39 Å². The van der Waals surface area contributed by atoms with Gasteiger partial charge in [0, 0.05) is 16.6 Å². The third kappa shape index (κ3) is 2.57. The van der Waals surface area contributed by atoms with Crippen LogP contribution in [0, 0.1) is 12.7 Å². The standard InChI is InChI=1S/C12H13ClFN3OS/c1-6-5-19-11(8(6)13)10(17-15)7-3-4-16-12(18-2)9(7)14/h3-5,10,17H,15H2,1-2H3. The van der Waals surface area contributed by atoms with Gasteiger partial charge in [-0.25, -0.2) is 14.8 Å². The number of ether oxygens (including phenoxy) is 1. The van der Waals surface area contributed by atoms with Crippen LogP contribution in [0.5, 0.6) is 5.88 Å². The molecular formula is C12H13ClFN3OS. The minimum Gasteiger partial charge on any atom is -0.479 e. The maximum Gasteiger partial charge on any atom is 0.250 e. The van der Waals surface area contributed by atoms with Gasteiger partial charge in [-0.1, -0.05) is 11.6 Å². The first-order valence-electron chi connectivity index (χ1n) is 5.48. The van der Waals surface area contributed by atoms with E-state index in [0.29, 0.717) is 10.6 Å². The number of hydrazine groups is 1. The van der Waals surface area contributed by atoms with Gasteiger partial charge in [-0.2, -0.15) is 0 Å². The highest BCUT2D eigenvalue weighted by Crippen LogP contribution is 2.37. The van der Waals surface area contributed by atoms with E-state index in [4.69, 9.17) is 22.2 Å². The summed E-state index contributed by atoms with van der Waals surface area (Å²) >= 11 is 7.63. The number of nitrogens with two attached hydrogens (primary N) is 1. The van der Waals surface area contributed by atoms with Crippen molar-refractivity contribution in [3.63, 3.8) is 0 Å². The lowest BCUT2D eigenvalue weighted by Crippen LogP contribution is -2.29. The molecule has 0 aliphatic heterocycles. The molecule has 2 aromatic heterocycles. The molecule has 0 saturated carbocycles. The Morgan fingerprint density at radius 3 is 2.84 bits per heavy atom. The zero-order valence-corrected chi connectivity index (χ0v) is 12.0. The summed E-state index contributed by atoms with van der Waals surface area (Å²) in [6, 6.07) is 1.01. The molecule has 0 fully saturated rings. The van der Waals surface area contributed by atoms with Crippen LogP contribution in [0.2, 0.25) is 5.02 Å². The molecule has 0 spiro atoms. The quantitative estimate of drug-likeness (QED) is 0.673. The van der Waals surface area contributed by atoms with Gasteiger partial charge in [0.2, 0.25) is 5.88 Å². The van der Waals surface area contributed by atoms with Crippen LogP contribution < -0.4 is 16.0 Å². The van der Waals surface area contributed by atoms with Gasteiger partial charge in [-0.3, -0.25) is 5.84 Å². The lowest BCUT2D eigenvalue weighted by atomic mass is 10.1. The molecule has 0 saturated heterocycles. The molecule has 3 N–H and O–H groups in total. The Balaban J connectivity index is 2.51. The van der Waals surface area contributed by atoms with E-state index in [2.05, 4.69) is 10.4 Å². The summed E-state index contributed by atoms with van der Waals surface area (Å²) in [5, 5.41) is 2.49. The Bertz CT molecular complexity index is 590. The fourth-order valence-electron chi connectivity index (χ4n) is 1.75. The summed E-state index contributed by atoms with van der Waals surface area (Å²) in [5.74, 6) is 4.93. The van der Waals surface area contributed by atoms with Crippen molar-refractivity contribution in [2.45, 2.75) is 13.0 Å². The molecule has 2 heterocycles. The van der Waals surface area contributed by atoms with Crippen LogP contribution >= 0.6 is 22.9 Å². The maximum atomic E-state index is 14.2. The number of halogens is 2. The van der Waals surface area contributed by atoms with Crippen molar-refractivity contribution in [2.24, 2.45) is 5.84 Å². The van der Waals surface area contributed by atoms with E-state index >= 15 is 0 Å². The Morgan fingerprint density at radius 2 is 2.32 bits per heavy atom. The van der Waals surface area contributed by atoms with Crippen LogP contribution in [-0.4, -0.2) is 12.1 Å². The molecule has 2 aromatic rings. The Hall–Kier alpha value is -1.21. The van der Waals surface area contributed by atoms with E-state index in [-0.39, 0.29) is 5.88 Å². The highest BCUT2D eigenvalue weighted by Gasteiger charge is 2.24. The number of hydrogen-bond acceptors (Lipinski definition) is 5. The van der Waals surface area contributed by atoms with Crippen LogP contribution in [0.15, 0.2) is 17.6 Å². The smallest absolute Gasteiger partial charge is 0.250 e. The number of aromatic nitrogens is 1. The first kappa shape index (κ1) is 14.2. The third-order valence-electron chi connectivity index (χ3n) is 2.75. The van der Waals surface area contributed by atoms with Crippen LogP contribution in [-0.2, 0) is 0 Å². The minimum absolute atomic E-state index is 0.0675. The Labute approximate surface area is 119 Å². The number of aryl methyl sites for hydroxylation is 1. The molecule has 2 rings (SSSR count). The zero-order chi connectivity index (χ0) is 14.0. The van der Waals surface area contributed by atoms with Crippen molar-refractivity contribution in [1.29, 1.82) is 0 Å². The molecule has 0 aromatic carbocycles. The number of nitrogens with one attached hydrogen (secondary N) is 1. The number of hydrogen-bond donors (Lipinski definition) is 2. The zero-order valence-electron chi connectivity index (χ0n) is 10.4. The van der Waals surface area contributed by atoms with Crippen LogP contribution in [0.25, 0.3) is 0 Å². The van der Waals surface area contributed by atoms with Crippen molar-refractivity contribution in [3.05, 3.63) is 44.5 Å². The second-order valence-electron chi connectivity index (χ2n) is 3.92. The summed E-state index contributed by atoms with van der Waals surface area (Å²) in [5.41, 5.74) is 3.86. The number of thiophene rings is 1.